The van der Waals surface area contributed by atoms with Gasteiger partial charge >= 0.3 is 6.18 Å². The summed E-state index contributed by atoms with van der Waals surface area (Å²) in [6.45, 7) is 0. The summed E-state index contributed by atoms with van der Waals surface area (Å²) in [7, 11) is -2.11. The normalized spacial score (nSPS) is 13.1. The van der Waals surface area contributed by atoms with Gasteiger partial charge in [-0.05, 0) is 18.2 Å². The van der Waals surface area contributed by atoms with Gasteiger partial charge in [0.15, 0.2) is 0 Å². The molecule has 102 valence electrons. The van der Waals surface area contributed by atoms with Crippen molar-refractivity contribution in [3.8, 4) is 0 Å². The largest absolute Gasteiger partial charge is 0.416 e. The van der Waals surface area contributed by atoms with E-state index in [2.05, 4.69) is 4.84 Å². The Bertz CT molecular complexity index is 544. The van der Waals surface area contributed by atoms with Gasteiger partial charge in [0.1, 0.15) is 4.90 Å². The molecule has 4 nitrogen and oxygen atoms in total. The van der Waals surface area contributed by atoms with Crippen LogP contribution in [-0.2, 0) is 21.0 Å². The van der Waals surface area contributed by atoms with Crippen LogP contribution in [0.4, 0.5) is 13.2 Å². The van der Waals surface area contributed by atoms with Gasteiger partial charge in [-0.1, -0.05) is 16.1 Å². The lowest BCUT2D eigenvalue weighted by atomic mass is 10.2. The molecule has 0 saturated carbocycles. The molecule has 0 aliphatic carbocycles. The summed E-state index contributed by atoms with van der Waals surface area (Å²) >= 11 is 5.60. The monoisotopic (exact) mass is 303 g/mol. The van der Waals surface area contributed by atoms with Crippen LogP contribution in [0.2, 0.25) is 5.02 Å². The van der Waals surface area contributed by atoms with E-state index in [0.717, 1.165) is 20.2 Å². The molecular weight excluding hydrogens is 295 g/mol. The zero-order valence-electron chi connectivity index (χ0n) is 9.32. The number of sulfonamides is 1. The first kappa shape index (κ1) is 15.2. The summed E-state index contributed by atoms with van der Waals surface area (Å²) in [5.74, 6) is 0. The molecule has 0 aliphatic heterocycles. The number of rotatable bonds is 3. The standard InChI is InChI=1S/C9H9ClF3NO3S/c1-14(17-2)18(15,16)8-5-6(9(11,12)13)3-4-7(8)10/h3-5H,1-2H3. The average Bonchev–Trinajstić information content (AvgIpc) is 2.26. The number of halogens is 4. The molecule has 18 heavy (non-hydrogen) atoms. The molecule has 0 saturated heterocycles. The molecule has 0 fully saturated rings. The van der Waals surface area contributed by atoms with E-state index in [-0.39, 0.29) is 5.02 Å². The quantitative estimate of drug-likeness (QED) is 0.806. The predicted molar refractivity (Wildman–Crippen MR) is 58.4 cm³/mol. The van der Waals surface area contributed by atoms with Crippen molar-refractivity contribution in [3.63, 3.8) is 0 Å². The van der Waals surface area contributed by atoms with Gasteiger partial charge in [0.2, 0.25) is 0 Å². The first-order valence-corrected chi connectivity index (χ1v) is 6.32. The topological polar surface area (TPSA) is 46.6 Å². The molecule has 1 rings (SSSR count). The summed E-state index contributed by atoms with van der Waals surface area (Å²) in [5, 5.41) is -0.313. The second kappa shape index (κ2) is 5.04. The third kappa shape index (κ3) is 2.94. The maximum Gasteiger partial charge on any atom is 0.416 e. The van der Waals surface area contributed by atoms with Crippen LogP contribution >= 0.6 is 11.6 Å². The van der Waals surface area contributed by atoms with Gasteiger partial charge in [-0.3, -0.25) is 4.84 Å². The third-order valence-electron chi connectivity index (χ3n) is 2.13. The van der Waals surface area contributed by atoms with Crippen LogP contribution in [0.25, 0.3) is 0 Å². The average molecular weight is 304 g/mol. The molecule has 0 amide bonds. The van der Waals surface area contributed by atoms with E-state index < -0.39 is 26.7 Å². The molecule has 0 bridgehead atoms. The van der Waals surface area contributed by atoms with Gasteiger partial charge in [0.05, 0.1) is 17.7 Å². The highest BCUT2D eigenvalue weighted by molar-refractivity contribution is 7.89. The van der Waals surface area contributed by atoms with Crippen molar-refractivity contribution < 1.29 is 26.4 Å². The highest BCUT2D eigenvalue weighted by atomic mass is 35.5. The van der Waals surface area contributed by atoms with Crippen LogP contribution in [0, 0.1) is 0 Å². The second-order valence-corrected chi connectivity index (χ2v) is 5.55. The Morgan fingerprint density at radius 1 is 1.33 bits per heavy atom. The number of benzene rings is 1. The lowest BCUT2D eigenvalue weighted by molar-refractivity contribution is -0.137. The van der Waals surface area contributed by atoms with Gasteiger partial charge in [0, 0.05) is 7.05 Å². The van der Waals surface area contributed by atoms with Crippen LogP contribution < -0.4 is 0 Å². The van der Waals surface area contributed by atoms with Crippen molar-refractivity contribution in [2.75, 3.05) is 14.2 Å². The Balaban J connectivity index is 3.42. The van der Waals surface area contributed by atoms with Gasteiger partial charge in [0.25, 0.3) is 10.0 Å². The van der Waals surface area contributed by atoms with E-state index in [1.165, 1.54) is 0 Å². The van der Waals surface area contributed by atoms with Crippen LogP contribution in [0.3, 0.4) is 0 Å². The molecule has 0 aliphatic rings. The first-order valence-electron chi connectivity index (χ1n) is 4.50. The molecule has 0 radical (unpaired) electrons. The lowest BCUT2D eigenvalue weighted by Crippen LogP contribution is -2.26. The van der Waals surface area contributed by atoms with Crippen molar-refractivity contribution in [1.29, 1.82) is 0 Å². The van der Waals surface area contributed by atoms with E-state index in [9.17, 15) is 21.6 Å². The first-order chi connectivity index (χ1) is 8.10. The summed E-state index contributed by atoms with van der Waals surface area (Å²) < 4.78 is 61.5. The van der Waals surface area contributed by atoms with Crippen molar-refractivity contribution in [3.05, 3.63) is 28.8 Å². The van der Waals surface area contributed by atoms with Crippen LogP contribution in [0.15, 0.2) is 23.1 Å². The molecule has 9 heteroatoms. The fourth-order valence-corrected chi connectivity index (χ4v) is 2.59. The Morgan fingerprint density at radius 3 is 2.33 bits per heavy atom. The summed E-state index contributed by atoms with van der Waals surface area (Å²) in [4.78, 5) is 3.79. The maximum absolute atomic E-state index is 12.5. The summed E-state index contributed by atoms with van der Waals surface area (Å²) in [6, 6.07) is 2.04. The molecule has 1 aromatic carbocycles. The Hall–Kier alpha value is -0.830. The Kier molecular flexibility index (Phi) is 4.26. The molecule has 0 heterocycles. The van der Waals surface area contributed by atoms with Crippen molar-refractivity contribution in [1.82, 2.24) is 4.47 Å². The maximum atomic E-state index is 12.5. The highest BCUT2D eigenvalue weighted by Gasteiger charge is 2.33. The van der Waals surface area contributed by atoms with E-state index in [1.807, 2.05) is 0 Å². The van der Waals surface area contributed by atoms with Gasteiger partial charge in [-0.25, -0.2) is 8.42 Å². The van der Waals surface area contributed by atoms with E-state index in [4.69, 9.17) is 11.6 Å². The fraction of sp³-hybridized carbons (Fsp3) is 0.333. The number of hydrogen-bond donors (Lipinski definition) is 0. The smallest absolute Gasteiger partial charge is 0.288 e. The zero-order valence-corrected chi connectivity index (χ0v) is 10.9. The molecule has 0 spiro atoms. The van der Waals surface area contributed by atoms with E-state index in [1.54, 1.807) is 0 Å². The van der Waals surface area contributed by atoms with E-state index in [0.29, 0.717) is 16.6 Å². The number of alkyl halides is 3. The fourth-order valence-electron chi connectivity index (χ4n) is 1.11. The number of nitrogens with zero attached hydrogens (tertiary/aromatic N) is 1. The molecule has 1 aromatic rings. The molecule has 0 aromatic heterocycles. The third-order valence-corrected chi connectivity index (χ3v) is 4.29. The van der Waals surface area contributed by atoms with Gasteiger partial charge < -0.3 is 0 Å². The minimum atomic E-state index is -4.65. The molecule has 0 atom stereocenters. The van der Waals surface area contributed by atoms with Crippen LogP contribution in [-0.4, -0.2) is 27.0 Å². The highest BCUT2D eigenvalue weighted by Crippen LogP contribution is 2.34. The Labute approximate surface area is 107 Å². The van der Waals surface area contributed by atoms with Crippen molar-refractivity contribution >= 4 is 21.6 Å². The zero-order chi connectivity index (χ0) is 14.1. The lowest BCUT2D eigenvalue weighted by Gasteiger charge is -2.16. The molecular formula is C9H9ClF3NO3S. The van der Waals surface area contributed by atoms with E-state index >= 15 is 0 Å². The predicted octanol–water partition coefficient (Wildman–Crippen LogP) is 2.54. The SMILES string of the molecule is CON(C)S(=O)(=O)c1cc(C(F)(F)F)ccc1Cl. The summed E-state index contributed by atoms with van der Waals surface area (Å²) in [5.41, 5.74) is -1.10. The van der Waals surface area contributed by atoms with Crippen molar-refractivity contribution in [2.24, 2.45) is 0 Å². The van der Waals surface area contributed by atoms with Crippen molar-refractivity contribution in [2.45, 2.75) is 11.1 Å². The van der Waals surface area contributed by atoms with Crippen LogP contribution in [0.1, 0.15) is 5.56 Å². The second-order valence-electron chi connectivity index (χ2n) is 3.24. The van der Waals surface area contributed by atoms with Gasteiger partial charge in [-0.2, -0.15) is 13.2 Å². The number of hydroxylamine groups is 1. The number of hydrogen-bond acceptors (Lipinski definition) is 3. The minimum Gasteiger partial charge on any atom is -0.288 e. The minimum absolute atomic E-state index is 0.313. The summed E-state index contributed by atoms with van der Waals surface area (Å²) in [6.07, 6.45) is -4.65. The Morgan fingerprint density at radius 2 is 1.89 bits per heavy atom. The van der Waals surface area contributed by atoms with Crippen LogP contribution in [0.5, 0.6) is 0 Å². The molecule has 0 unspecified atom stereocenters. The molecule has 0 N–H and O–H groups in total. The van der Waals surface area contributed by atoms with Gasteiger partial charge in [-0.15, -0.1) is 0 Å².